The lowest BCUT2D eigenvalue weighted by molar-refractivity contribution is -0.116. The maximum atomic E-state index is 12.3. The molecule has 0 fully saturated rings. The Labute approximate surface area is 154 Å². The van der Waals surface area contributed by atoms with E-state index in [-0.39, 0.29) is 17.4 Å². The summed E-state index contributed by atoms with van der Waals surface area (Å²) in [4.78, 5) is 25.7. The first-order valence-corrected chi connectivity index (χ1v) is 8.83. The second-order valence-electron chi connectivity index (χ2n) is 7.67. The smallest absolute Gasteiger partial charge is 0.312 e. The molecule has 0 unspecified atom stereocenters. The molecule has 1 aliphatic rings. The standard InChI is InChI=1S/C21H25N3O2/c1-14(25)24-12-11-15-5-8-18(13-19(15)24)23-20(26)22-17-9-6-16(7-10-17)21(2,3)4/h5-10,13H,11-12H2,1-4H3,(H2,22,23,26). The summed E-state index contributed by atoms with van der Waals surface area (Å²) in [6, 6.07) is 13.2. The number of carbonyl (C=O) groups excluding carboxylic acids is 2. The number of nitrogens with one attached hydrogen (secondary N) is 2. The normalized spacial score (nSPS) is 13.3. The van der Waals surface area contributed by atoms with Gasteiger partial charge in [-0.05, 0) is 47.2 Å². The molecule has 0 aliphatic carbocycles. The molecule has 3 rings (SSSR count). The molecule has 1 heterocycles. The number of urea groups is 1. The van der Waals surface area contributed by atoms with Gasteiger partial charge in [-0.2, -0.15) is 0 Å². The average Bonchev–Trinajstić information content (AvgIpc) is 2.97. The molecule has 5 nitrogen and oxygen atoms in total. The van der Waals surface area contributed by atoms with E-state index in [0.29, 0.717) is 12.2 Å². The number of anilines is 3. The fourth-order valence-corrected chi connectivity index (χ4v) is 3.13. The molecular formula is C21H25N3O2. The third-order valence-corrected chi connectivity index (χ3v) is 4.63. The van der Waals surface area contributed by atoms with Crippen LogP contribution in [0.15, 0.2) is 42.5 Å². The first kappa shape index (κ1) is 18.0. The summed E-state index contributed by atoms with van der Waals surface area (Å²) in [7, 11) is 0. The number of hydrogen-bond acceptors (Lipinski definition) is 2. The number of rotatable bonds is 2. The van der Waals surface area contributed by atoms with Crippen LogP contribution in [0.4, 0.5) is 21.9 Å². The summed E-state index contributed by atoms with van der Waals surface area (Å²) < 4.78 is 0. The van der Waals surface area contributed by atoms with Gasteiger partial charge in [-0.3, -0.25) is 4.79 Å². The minimum atomic E-state index is -0.305. The van der Waals surface area contributed by atoms with Gasteiger partial charge in [0, 0.05) is 30.5 Å². The summed E-state index contributed by atoms with van der Waals surface area (Å²) in [5.41, 5.74) is 4.70. The van der Waals surface area contributed by atoms with E-state index in [4.69, 9.17) is 0 Å². The molecule has 2 N–H and O–H groups in total. The highest BCUT2D eigenvalue weighted by Crippen LogP contribution is 2.31. The molecule has 26 heavy (non-hydrogen) atoms. The number of fused-ring (bicyclic) bond motifs is 1. The Bertz CT molecular complexity index is 835. The van der Waals surface area contributed by atoms with Gasteiger partial charge in [-0.1, -0.05) is 39.0 Å². The second kappa shape index (κ2) is 6.83. The van der Waals surface area contributed by atoms with Crippen molar-refractivity contribution < 1.29 is 9.59 Å². The van der Waals surface area contributed by atoms with Crippen LogP contribution in [0.1, 0.15) is 38.8 Å². The highest BCUT2D eigenvalue weighted by Gasteiger charge is 2.22. The molecule has 0 atom stereocenters. The lowest BCUT2D eigenvalue weighted by Crippen LogP contribution is -2.26. The molecule has 0 saturated heterocycles. The van der Waals surface area contributed by atoms with Crippen molar-refractivity contribution in [3.8, 4) is 0 Å². The van der Waals surface area contributed by atoms with E-state index in [9.17, 15) is 9.59 Å². The average molecular weight is 351 g/mol. The van der Waals surface area contributed by atoms with Crippen LogP contribution in [0.25, 0.3) is 0 Å². The van der Waals surface area contributed by atoms with Gasteiger partial charge in [-0.15, -0.1) is 0 Å². The first-order chi connectivity index (χ1) is 12.2. The summed E-state index contributed by atoms with van der Waals surface area (Å²) in [5.74, 6) is 0.0179. The molecule has 0 radical (unpaired) electrons. The molecule has 2 aromatic carbocycles. The van der Waals surface area contributed by atoms with Crippen molar-refractivity contribution in [3.63, 3.8) is 0 Å². The third-order valence-electron chi connectivity index (χ3n) is 4.63. The number of carbonyl (C=O) groups is 2. The van der Waals surface area contributed by atoms with Crippen molar-refractivity contribution in [2.24, 2.45) is 0 Å². The van der Waals surface area contributed by atoms with Crippen molar-refractivity contribution in [1.29, 1.82) is 0 Å². The molecular weight excluding hydrogens is 326 g/mol. The molecule has 3 amide bonds. The minimum absolute atomic E-state index is 0.0179. The maximum Gasteiger partial charge on any atom is 0.323 e. The Hall–Kier alpha value is -2.82. The van der Waals surface area contributed by atoms with E-state index in [1.807, 2.05) is 42.5 Å². The number of amides is 3. The topological polar surface area (TPSA) is 61.4 Å². The van der Waals surface area contributed by atoms with Crippen molar-refractivity contribution in [2.75, 3.05) is 22.1 Å². The van der Waals surface area contributed by atoms with Gasteiger partial charge in [0.15, 0.2) is 0 Å². The minimum Gasteiger partial charge on any atom is -0.312 e. The fourth-order valence-electron chi connectivity index (χ4n) is 3.13. The van der Waals surface area contributed by atoms with Crippen LogP contribution >= 0.6 is 0 Å². The molecule has 1 aliphatic heterocycles. The van der Waals surface area contributed by atoms with E-state index < -0.39 is 0 Å². The van der Waals surface area contributed by atoms with E-state index in [2.05, 4.69) is 31.4 Å². The summed E-state index contributed by atoms with van der Waals surface area (Å²) >= 11 is 0. The van der Waals surface area contributed by atoms with Gasteiger partial charge >= 0.3 is 6.03 Å². The van der Waals surface area contributed by atoms with Crippen LogP contribution in [0.2, 0.25) is 0 Å². The van der Waals surface area contributed by atoms with Crippen LogP contribution in [-0.4, -0.2) is 18.5 Å². The number of benzene rings is 2. The summed E-state index contributed by atoms with van der Waals surface area (Å²) in [5, 5.41) is 5.68. The van der Waals surface area contributed by atoms with Gasteiger partial charge < -0.3 is 15.5 Å². The van der Waals surface area contributed by atoms with Crippen LogP contribution in [0.3, 0.4) is 0 Å². The van der Waals surface area contributed by atoms with E-state index in [1.165, 1.54) is 5.56 Å². The highest BCUT2D eigenvalue weighted by molar-refractivity contribution is 6.01. The second-order valence-corrected chi connectivity index (χ2v) is 7.67. The van der Waals surface area contributed by atoms with Crippen LogP contribution in [0, 0.1) is 0 Å². The van der Waals surface area contributed by atoms with Crippen LogP contribution in [-0.2, 0) is 16.6 Å². The zero-order valence-corrected chi connectivity index (χ0v) is 15.7. The number of hydrogen-bond donors (Lipinski definition) is 2. The Kier molecular flexibility index (Phi) is 4.72. The van der Waals surface area contributed by atoms with E-state index in [0.717, 1.165) is 23.4 Å². The predicted molar refractivity (Wildman–Crippen MR) is 106 cm³/mol. The fraction of sp³-hybridized carbons (Fsp3) is 0.333. The maximum absolute atomic E-state index is 12.3. The van der Waals surface area contributed by atoms with Gasteiger partial charge in [0.05, 0.1) is 0 Å². The highest BCUT2D eigenvalue weighted by atomic mass is 16.2. The van der Waals surface area contributed by atoms with E-state index >= 15 is 0 Å². The Balaban J connectivity index is 1.67. The monoisotopic (exact) mass is 351 g/mol. The quantitative estimate of drug-likeness (QED) is 0.834. The zero-order valence-electron chi connectivity index (χ0n) is 15.7. The molecule has 2 aromatic rings. The lowest BCUT2D eigenvalue weighted by atomic mass is 9.87. The number of nitrogens with zero attached hydrogens (tertiary/aromatic N) is 1. The van der Waals surface area contributed by atoms with Gasteiger partial charge in [0.1, 0.15) is 0 Å². The van der Waals surface area contributed by atoms with Crippen LogP contribution < -0.4 is 15.5 Å². The van der Waals surface area contributed by atoms with Gasteiger partial charge in [-0.25, -0.2) is 4.79 Å². The lowest BCUT2D eigenvalue weighted by Gasteiger charge is -2.19. The van der Waals surface area contributed by atoms with Gasteiger partial charge in [0.2, 0.25) is 5.91 Å². The Morgan fingerprint density at radius 2 is 1.58 bits per heavy atom. The molecule has 0 bridgehead atoms. The molecule has 0 aromatic heterocycles. The van der Waals surface area contributed by atoms with Crippen molar-refractivity contribution in [3.05, 3.63) is 53.6 Å². The SMILES string of the molecule is CC(=O)N1CCc2ccc(NC(=O)Nc3ccc(C(C)(C)C)cc3)cc21. The van der Waals surface area contributed by atoms with Crippen molar-refractivity contribution in [1.82, 2.24) is 0 Å². The molecule has 0 spiro atoms. The third kappa shape index (κ3) is 3.87. The van der Waals surface area contributed by atoms with Crippen molar-refractivity contribution in [2.45, 2.75) is 39.5 Å². The molecule has 5 heteroatoms. The Morgan fingerprint density at radius 3 is 2.19 bits per heavy atom. The van der Waals surface area contributed by atoms with Crippen molar-refractivity contribution >= 4 is 29.0 Å². The van der Waals surface area contributed by atoms with E-state index in [1.54, 1.807) is 11.8 Å². The predicted octanol–water partition coefficient (Wildman–Crippen LogP) is 4.54. The molecule has 0 saturated carbocycles. The summed E-state index contributed by atoms with van der Waals surface area (Å²) in [6.07, 6.45) is 0.849. The zero-order chi connectivity index (χ0) is 18.9. The molecule has 136 valence electrons. The van der Waals surface area contributed by atoms with Crippen LogP contribution in [0.5, 0.6) is 0 Å². The summed E-state index contributed by atoms with van der Waals surface area (Å²) in [6.45, 7) is 8.71. The largest absolute Gasteiger partial charge is 0.323 e. The Morgan fingerprint density at radius 1 is 0.962 bits per heavy atom. The van der Waals surface area contributed by atoms with Gasteiger partial charge in [0.25, 0.3) is 0 Å². The first-order valence-electron chi connectivity index (χ1n) is 8.83.